The molecule has 0 aromatic rings. The lowest BCUT2D eigenvalue weighted by Crippen LogP contribution is -2.33. The van der Waals surface area contributed by atoms with Gasteiger partial charge in [0, 0.05) is 6.54 Å². The molecular formula is C12H24N2O2P+. The Balaban J connectivity index is 2.79. The Hall–Kier alpha value is -0.630. The van der Waals surface area contributed by atoms with Crippen LogP contribution in [0.5, 0.6) is 0 Å². The van der Waals surface area contributed by atoms with Gasteiger partial charge in [-0.15, -0.1) is 0 Å². The van der Waals surface area contributed by atoms with Crippen LogP contribution in [0, 0.1) is 0 Å². The molecule has 5 heteroatoms. The summed E-state index contributed by atoms with van der Waals surface area (Å²) in [5.74, 6) is 0. The van der Waals surface area contributed by atoms with E-state index in [0.29, 0.717) is 6.54 Å². The maximum absolute atomic E-state index is 12.2. The lowest BCUT2D eigenvalue weighted by molar-refractivity contribution is 0.192. The molecule has 17 heavy (non-hydrogen) atoms. The molecule has 0 saturated carbocycles. The maximum atomic E-state index is 12.2. The minimum Gasteiger partial charge on any atom is -0.244 e. The predicted octanol–water partition coefficient (Wildman–Crippen LogP) is 3.64. The molecule has 1 aliphatic rings. The standard InChI is InChI=1S/C12H24N2O2P/c1-5-7-9-13-11(15)14(10-8-6-2)17(3,4)12(13)16/h5-10H2,1-4H3/q+1. The zero-order valence-electron chi connectivity index (χ0n) is 11.4. The van der Waals surface area contributed by atoms with Crippen molar-refractivity contribution in [3.63, 3.8) is 0 Å². The van der Waals surface area contributed by atoms with Crippen molar-refractivity contribution in [2.45, 2.75) is 39.5 Å². The van der Waals surface area contributed by atoms with Crippen LogP contribution < -0.4 is 0 Å². The van der Waals surface area contributed by atoms with E-state index in [1.807, 2.05) is 18.0 Å². The molecule has 1 aliphatic heterocycles. The van der Waals surface area contributed by atoms with Crippen molar-refractivity contribution in [3.05, 3.63) is 0 Å². The Morgan fingerprint density at radius 3 is 2.06 bits per heavy atom. The molecule has 0 aromatic heterocycles. The highest BCUT2D eigenvalue weighted by atomic mass is 31.2. The van der Waals surface area contributed by atoms with Gasteiger partial charge in [-0.1, -0.05) is 26.7 Å². The number of hydrogen-bond donors (Lipinski definition) is 0. The third kappa shape index (κ3) is 2.79. The van der Waals surface area contributed by atoms with Gasteiger partial charge in [0.25, 0.3) is 0 Å². The van der Waals surface area contributed by atoms with Gasteiger partial charge in [-0.3, -0.25) is 0 Å². The van der Waals surface area contributed by atoms with Gasteiger partial charge in [-0.05, 0) is 12.8 Å². The molecule has 0 atom stereocenters. The van der Waals surface area contributed by atoms with Crippen LogP contribution in [0.2, 0.25) is 0 Å². The summed E-state index contributed by atoms with van der Waals surface area (Å²) in [7, 11) is -1.91. The first-order valence-corrected chi connectivity index (χ1v) is 9.08. The summed E-state index contributed by atoms with van der Waals surface area (Å²) in [4.78, 5) is 25.9. The minimum atomic E-state index is -1.91. The molecule has 0 unspecified atom stereocenters. The van der Waals surface area contributed by atoms with Crippen molar-refractivity contribution < 1.29 is 9.59 Å². The second kappa shape index (κ2) is 5.81. The first-order valence-electron chi connectivity index (χ1n) is 6.44. The van der Waals surface area contributed by atoms with E-state index < -0.39 is 7.41 Å². The van der Waals surface area contributed by atoms with Crippen molar-refractivity contribution >= 4 is 19.1 Å². The van der Waals surface area contributed by atoms with E-state index >= 15 is 0 Å². The fourth-order valence-corrected chi connectivity index (χ4v) is 4.15. The van der Waals surface area contributed by atoms with Crippen molar-refractivity contribution in [1.29, 1.82) is 0 Å². The second-order valence-electron chi connectivity index (χ2n) is 4.94. The molecule has 0 aromatic carbocycles. The predicted molar refractivity (Wildman–Crippen MR) is 72.8 cm³/mol. The average Bonchev–Trinajstić information content (AvgIpc) is 2.43. The van der Waals surface area contributed by atoms with Gasteiger partial charge in [0.2, 0.25) is 0 Å². The Bertz CT molecular complexity index is 305. The maximum Gasteiger partial charge on any atom is 0.392 e. The molecule has 1 fully saturated rings. The SMILES string of the molecule is CCCCN1C(=O)N(CCCC)[P+](C)(C)C1=O. The van der Waals surface area contributed by atoms with E-state index in [0.717, 1.165) is 32.2 Å². The number of carbonyl (C=O) groups excluding carboxylic acids is 2. The molecule has 98 valence electrons. The molecule has 4 nitrogen and oxygen atoms in total. The van der Waals surface area contributed by atoms with Crippen molar-refractivity contribution in [3.8, 4) is 0 Å². The van der Waals surface area contributed by atoms with E-state index in [2.05, 4.69) is 13.8 Å². The number of amides is 3. The molecule has 0 bridgehead atoms. The third-order valence-electron chi connectivity index (χ3n) is 3.21. The Morgan fingerprint density at radius 2 is 1.53 bits per heavy atom. The number of urea groups is 1. The van der Waals surface area contributed by atoms with E-state index in [-0.39, 0.29) is 11.7 Å². The minimum absolute atomic E-state index is 0.0600. The molecule has 1 heterocycles. The van der Waals surface area contributed by atoms with Crippen LogP contribution in [0.25, 0.3) is 0 Å². The highest BCUT2D eigenvalue weighted by molar-refractivity contribution is 7.88. The average molecular weight is 259 g/mol. The van der Waals surface area contributed by atoms with Gasteiger partial charge in [0.15, 0.2) is 7.41 Å². The second-order valence-corrected chi connectivity index (χ2v) is 8.60. The van der Waals surface area contributed by atoms with E-state index in [1.54, 1.807) is 0 Å². The van der Waals surface area contributed by atoms with Crippen LogP contribution in [0.4, 0.5) is 9.59 Å². The number of unbranched alkanes of at least 4 members (excludes halogenated alkanes) is 2. The van der Waals surface area contributed by atoms with Gasteiger partial charge in [-0.25, -0.2) is 14.5 Å². The monoisotopic (exact) mass is 259 g/mol. The number of hydrogen-bond acceptors (Lipinski definition) is 2. The number of rotatable bonds is 6. The van der Waals surface area contributed by atoms with Gasteiger partial charge >= 0.3 is 11.7 Å². The van der Waals surface area contributed by atoms with E-state index in [4.69, 9.17) is 0 Å². The van der Waals surface area contributed by atoms with Crippen LogP contribution in [-0.2, 0) is 0 Å². The van der Waals surface area contributed by atoms with Crippen LogP contribution in [-0.4, -0.2) is 47.7 Å². The first-order chi connectivity index (χ1) is 7.96. The van der Waals surface area contributed by atoms with Crippen molar-refractivity contribution in [2.75, 3.05) is 26.4 Å². The fourth-order valence-electron chi connectivity index (χ4n) is 1.99. The molecule has 0 radical (unpaired) electrons. The summed E-state index contributed by atoms with van der Waals surface area (Å²) >= 11 is 0. The molecule has 0 aliphatic carbocycles. The van der Waals surface area contributed by atoms with Gasteiger partial charge in [0.1, 0.15) is 0 Å². The summed E-state index contributed by atoms with van der Waals surface area (Å²) in [6, 6.07) is -0.0600. The lowest BCUT2D eigenvalue weighted by Gasteiger charge is -2.18. The number of nitrogens with zero attached hydrogens (tertiary/aromatic N) is 2. The lowest BCUT2D eigenvalue weighted by atomic mass is 10.3. The number of carbonyl (C=O) groups is 2. The summed E-state index contributed by atoms with van der Waals surface area (Å²) < 4.78 is 1.83. The summed E-state index contributed by atoms with van der Waals surface area (Å²) in [6.07, 6.45) is 3.93. The van der Waals surface area contributed by atoms with E-state index in [9.17, 15) is 9.59 Å². The molecular weight excluding hydrogens is 235 g/mol. The topological polar surface area (TPSA) is 40.6 Å². The quantitative estimate of drug-likeness (QED) is 0.683. The van der Waals surface area contributed by atoms with Crippen molar-refractivity contribution in [1.82, 2.24) is 9.57 Å². The van der Waals surface area contributed by atoms with Gasteiger partial charge in [-0.2, -0.15) is 4.67 Å². The summed E-state index contributed by atoms with van der Waals surface area (Å²) in [5, 5.41) is 0. The summed E-state index contributed by atoms with van der Waals surface area (Å²) in [6.45, 7) is 9.39. The Morgan fingerprint density at radius 1 is 1.00 bits per heavy atom. The Kier molecular flexibility index (Phi) is 4.93. The first kappa shape index (κ1) is 14.4. The Labute approximate surface area is 105 Å². The molecule has 1 rings (SSSR count). The van der Waals surface area contributed by atoms with E-state index in [1.165, 1.54) is 4.90 Å². The van der Waals surface area contributed by atoms with Crippen LogP contribution in [0.1, 0.15) is 39.5 Å². The molecule has 0 N–H and O–H groups in total. The largest absolute Gasteiger partial charge is 0.392 e. The zero-order chi connectivity index (χ0) is 13.1. The normalized spacial score (nSPS) is 19.3. The molecule has 0 spiro atoms. The van der Waals surface area contributed by atoms with Crippen molar-refractivity contribution in [2.24, 2.45) is 0 Å². The highest BCUT2D eigenvalue weighted by Crippen LogP contribution is 2.61. The van der Waals surface area contributed by atoms with Crippen LogP contribution in [0.15, 0.2) is 0 Å². The smallest absolute Gasteiger partial charge is 0.244 e. The third-order valence-corrected chi connectivity index (χ3v) is 5.97. The van der Waals surface area contributed by atoms with Gasteiger partial charge in [0.05, 0.1) is 19.9 Å². The van der Waals surface area contributed by atoms with Crippen LogP contribution in [0.3, 0.4) is 0 Å². The van der Waals surface area contributed by atoms with Gasteiger partial charge < -0.3 is 0 Å². The zero-order valence-corrected chi connectivity index (χ0v) is 12.3. The number of imide groups is 1. The highest BCUT2D eigenvalue weighted by Gasteiger charge is 2.58. The summed E-state index contributed by atoms with van der Waals surface area (Å²) in [5.41, 5.74) is 0.0621. The molecule has 3 amide bonds. The van der Waals surface area contributed by atoms with Crippen LogP contribution >= 0.6 is 7.41 Å². The molecule has 1 saturated heterocycles. The fraction of sp³-hybridized carbons (Fsp3) is 0.833.